The van der Waals surface area contributed by atoms with E-state index in [9.17, 15) is 0 Å². The predicted molar refractivity (Wildman–Crippen MR) is 60.3 cm³/mol. The van der Waals surface area contributed by atoms with E-state index < -0.39 is 0 Å². The van der Waals surface area contributed by atoms with Crippen molar-refractivity contribution in [3.05, 3.63) is 21.3 Å². The Kier molecular flexibility index (Phi) is 3.38. The molecule has 0 radical (unpaired) electrons. The molecule has 0 aliphatic carbocycles. The van der Waals surface area contributed by atoms with Crippen molar-refractivity contribution in [3.8, 4) is 0 Å². The van der Waals surface area contributed by atoms with Crippen molar-refractivity contribution in [3.63, 3.8) is 0 Å². The Bertz CT molecular complexity index is 280. The summed E-state index contributed by atoms with van der Waals surface area (Å²) in [5, 5.41) is 2.79. The summed E-state index contributed by atoms with van der Waals surface area (Å²) < 4.78 is 0. The molecule has 0 fully saturated rings. The first-order chi connectivity index (χ1) is 5.99. The highest BCUT2D eigenvalue weighted by Crippen LogP contribution is 2.39. The molecule has 13 heavy (non-hydrogen) atoms. The highest BCUT2D eigenvalue weighted by Gasteiger charge is 2.27. The van der Waals surface area contributed by atoms with Gasteiger partial charge in [-0.05, 0) is 23.3 Å². The maximum atomic E-state index is 6.15. The monoisotopic (exact) mass is 217 g/mol. The highest BCUT2D eigenvalue weighted by molar-refractivity contribution is 7.10. The van der Waals surface area contributed by atoms with Crippen LogP contribution < -0.4 is 5.73 Å². The average molecular weight is 218 g/mol. The summed E-state index contributed by atoms with van der Waals surface area (Å²) in [6.45, 7) is 6.50. The Balaban J connectivity index is 2.91. The molecule has 0 aliphatic rings. The van der Waals surface area contributed by atoms with Gasteiger partial charge in [0.15, 0.2) is 0 Å². The number of hydrogen-bond donors (Lipinski definition) is 1. The zero-order valence-electron chi connectivity index (χ0n) is 8.30. The smallest absolute Gasteiger partial charge is 0.0561 e. The fraction of sp³-hybridized carbons (Fsp3) is 0.600. The third-order valence-corrected chi connectivity index (χ3v) is 4.12. The molecule has 0 aliphatic heterocycles. The first kappa shape index (κ1) is 11.0. The third-order valence-electron chi connectivity index (χ3n) is 2.68. The topological polar surface area (TPSA) is 26.0 Å². The van der Waals surface area contributed by atoms with Gasteiger partial charge in [0.1, 0.15) is 0 Å². The maximum Gasteiger partial charge on any atom is 0.0561 e. The second-order valence-corrected chi connectivity index (χ2v) is 5.31. The van der Waals surface area contributed by atoms with E-state index in [1.54, 1.807) is 11.3 Å². The Morgan fingerprint density at radius 1 is 1.62 bits per heavy atom. The fourth-order valence-electron chi connectivity index (χ4n) is 1.10. The van der Waals surface area contributed by atoms with Crippen molar-refractivity contribution in [2.75, 3.05) is 0 Å². The molecule has 1 aromatic rings. The van der Waals surface area contributed by atoms with Gasteiger partial charge in [0.25, 0.3) is 0 Å². The van der Waals surface area contributed by atoms with Crippen LogP contribution in [-0.4, -0.2) is 0 Å². The Hall–Kier alpha value is -0.0500. The van der Waals surface area contributed by atoms with Gasteiger partial charge < -0.3 is 5.73 Å². The Labute approximate surface area is 88.9 Å². The Morgan fingerprint density at radius 2 is 2.23 bits per heavy atom. The number of thiophene rings is 1. The second-order valence-electron chi connectivity index (χ2n) is 3.95. The van der Waals surface area contributed by atoms with Crippen LogP contribution in [-0.2, 0) is 0 Å². The molecule has 0 aromatic carbocycles. The largest absolute Gasteiger partial charge is 0.323 e. The molecular weight excluding hydrogens is 202 g/mol. The SMILES string of the molecule is CCC(C)(C)C(N)c1sccc1Cl. The Morgan fingerprint density at radius 3 is 2.62 bits per heavy atom. The fourth-order valence-corrected chi connectivity index (χ4v) is 2.49. The summed E-state index contributed by atoms with van der Waals surface area (Å²) in [6.07, 6.45) is 1.06. The molecule has 74 valence electrons. The van der Waals surface area contributed by atoms with Crippen LogP contribution in [0.25, 0.3) is 0 Å². The van der Waals surface area contributed by atoms with Gasteiger partial charge >= 0.3 is 0 Å². The lowest BCUT2D eigenvalue weighted by Gasteiger charge is -2.29. The van der Waals surface area contributed by atoms with E-state index >= 15 is 0 Å². The van der Waals surface area contributed by atoms with Gasteiger partial charge in [0.05, 0.1) is 5.02 Å². The van der Waals surface area contributed by atoms with Gasteiger partial charge in [0.2, 0.25) is 0 Å². The number of nitrogens with two attached hydrogens (primary N) is 1. The molecule has 0 saturated heterocycles. The van der Waals surface area contributed by atoms with Gasteiger partial charge in [0, 0.05) is 10.9 Å². The molecule has 1 rings (SSSR count). The van der Waals surface area contributed by atoms with E-state index in [1.807, 2.05) is 11.4 Å². The zero-order chi connectivity index (χ0) is 10.1. The molecule has 1 nitrogen and oxygen atoms in total. The minimum Gasteiger partial charge on any atom is -0.323 e. The maximum absolute atomic E-state index is 6.15. The molecule has 0 bridgehead atoms. The van der Waals surface area contributed by atoms with Crippen molar-refractivity contribution >= 4 is 22.9 Å². The lowest BCUT2D eigenvalue weighted by atomic mass is 9.82. The first-order valence-corrected chi connectivity index (χ1v) is 5.73. The molecular formula is C10H16ClNS. The van der Waals surface area contributed by atoms with Crippen LogP contribution in [0.15, 0.2) is 11.4 Å². The summed E-state index contributed by atoms with van der Waals surface area (Å²) in [7, 11) is 0. The van der Waals surface area contributed by atoms with Crippen LogP contribution in [0.1, 0.15) is 38.1 Å². The normalized spacial score (nSPS) is 14.5. The van der Waals surface area contributed by atoms with Crippen LogP contribution in [0.5, 0.6) is 0 Å². The summed E-state index contributed by atoms with van der Waals surface area (Å²) in [6, 6.07) is 1.96. The molecule has 1 aromatic heterocycles. The number of rotatable bonds is 3. The summed E-state index contributed by atoms with van der Waals surface area (Å²) >= 11 is 7.67. The summed E-state index contributed by atoms with van der Waals surface area (Å²) in [4.78, 5) is 1.11. The van der Waals surface area contributed by atoms with Gasteiger partial charge in [-0.1, -0.05) is 32.4 Å². The van der Waals surface area contributed by atoms with E-state index in [2.05, 4.69) is 20.8 Å². The first-order valence-electron chi connectivity index (χ1n) is 4.47. The van der Waals surface area contributed by atoms with Crippen molar-refractivity contribution in [2.24, 2.45) is 11.1 Å². The standard InChI is InChI=1S/C10H16ClNS/c1-4-10(2,3)9(12)8-7(11)5-6-13-8/h5-6,9H,4,12H2,1-3H3. The highest BCUT2D eigenvalue weighted by atomic mass is 35.5. The molecule has 1 atom stereocenters. The van der Waals surface area contributed by atoms with E-state index in [1.165, 1.54) is 0 Å². The van der Waals surface area contributed by atoms with Crippen LogP contribution in [0.3, 0.4) is 0 Å². The zero-order valence-corrected chi connectivity index (χ0v) is 9.88. The average Bonchev–Trinajstić information content (AvgIpc) is 2.50. The molecule has 1 heterocycles. The third kappa shape index (κ3) is 2.25. The van der Waals surface area contributed by atoms with Gasteiger partial charge in [-0.15, -0.1) is 11.3 Å². The van der Waals surface area contributed by atoms with E-state index in [0.717, 1.165) is 16.3 Å². The van der Waals surface area contributed by atoms with Crippen molar-refractivity contribution < 1.29 is 0 Å². The van der Waals surface area contributed by atoms with Crippen LogP contribution in [0.4, 0.5) is 0 Å². The second kappa shape index (κ2) is 3.99. The van der Waals surface area contributed by atoms with Crippen molar-refractivity contribution in [1.29, 1.82) is 0 Å². The van der Waals surface area contributed by atoms with Gasteiger partial charge in [-0.3, -0.25) is 0 Å². The van der Waals surface area contributed by atoms with Crippen molar-refractivity contribution in [1.82, 2.24) is 0 Å². The van der Waals surface area contributed by atoms with Crippen LogP contribution in [0.2, 0.25) is 5.02 Å². The number of halogens is 1. The molecule has 1 unspecified atom stereocenters. The van der Waals surface area contributed by atoms with Gasteiger partial charge in [-0.2, -0.15) is 0 Å². The minimum atomic E-state index is 0.0463. The number of hydrogen-bond acceptors (Lipinski definition) is 2. The predicted octanol–water partition coefficient (Wildman–Crippen LogP) is 3.84. The van der Waals surface area contributed by atoms with E-state index in [-0.39, 0.29) is 11.5 Å². The molecule has 3 heteroatoms. The molecule has 0 spiro atoms. The summed E-state index contributed by atoms with van der Waals surface area (Å²) in [5.74, 6) is 0. The van der Waals surface area contributed by atoms with E-state index in [0.29, 0.717) is 0 Å². The molecule has 0 saturated carbocycles. The van der Waals surface area contributed by atoms with Crippen molar-refractivity contribution in [2.45, 2.75) is 33.2 Å². The lowest BCUT2D eigenvalue weighted by molar-refractivity contribution is 0.282. The quantitative estimate of drug-likeness (QED) is 0.818. The molecule has 2 N–H and O–H groups in total. The van der Waals surface area contributed by atoms with Crippen LogP contribution in [0, 0.1) is 5.41 Å². The lowest BCUT2D eigenvalue weighted by Crippen LogP contribution is -2.27. The summed E-state index contributed by atoms with van der Waals surface area (Å²) in [5.41, 5.74) is 6.27. The van der Waals surface area contributed by atoms with Gasteiger partial charge in [-0.25, -0.2) is 0 Å². The van der Waals surface area contributed by atoms with Crippen LogP contribution >= 0.6 is 22.9 Å². The molecule has 0 amide bonds. The van der Waals surface area contributed by atoms with E-state index in [4.69, 9.17) is 17.3 Å². The minimum absolute atomic E-state index is 0.0463.